The Hall–Kier alpha value is -3.26. The van der Waals surface area contributed by atoms with Crippen molar-refractivity contribution >= 4 is 27.5 Å². The third-order valence-corrected chi connectivity index (χ3v) is 6.13. The molecule has 0 amide bonds. The van der Waals surface area contributed by atoms with Gasteiger partial charge in [0.15, 0.2) is 17.4 Å². The van der Waals surface area contributed by atoms with Gasteiger partial charge in [0.1, 0.15) is 5.52 Å². The first kappa shape index (κ1) is 21.6. The fourth-order valence-corrected chi connectivity index (χ4v) is 4.72. The number of halogens is 1. The highest BCUT2D eigenvalue weighted by atomic mass is 19.1. The van der Waals surface area contributed by atoms with Crippen LogP contribution in [0, 0.1) is 12.7 Å². The Bertz CT molecular complexity index is 1370. The van der Waals surface area contributed by atoms with Gasteiger partial charge in [0, 0.05) is 60.1 Å². The molecule has 1 aliphatic heterocycles. The minimum atomic E-state index is -0.757. The normalized spacial score (nSPS) is 16.9. The number of anilines is 1. The molecule has 8 heteroatoms. The van der Waals surface area contributed by atoms with Gasteiger partial charge in [0.05, 0.1) is 11.1 Å². The van der Waals surface area contributed by atoms with Gasteiger partial charge in [-0.05, 0) is 58.4 Å². The fraction of sp³-hybridized carbons (Fsp3) is 0.400. The van der Waals surface area contributed by atoms with Crippen molar-refractivity contribution in [3.63, 3.8) is 0 Å². The molecule has 2 aromatic carbocycles. The summed E-state index contributed by atoms with van der Waals surface area (Å²) in [5, 5.41) is 19.8. The molecule has 1 atom stereocenters. The molecule has 2 aromatic heterocycles. The van der Waals surface area contributed by atoms with Gasteiger partial charge in [-0.2, -0.15) is 5.10 Å². The van der Waals surface area contributed by atoms with Crippen LogP contribution in [0.25, 0.3) is 33.2 Å². The predicted molar refractivity (Wildman–Crippen MR) is 129 cm³/mol. The zero-order valence-corrected chi connectivity index (χ0v) is 19.6. The Morgan fingerprint density at radius 3 is 2.73 bits per heavy atom. The summed E-state index contributed by atoms with van der Waals surface area (Å²) < 4.78 is 16.3. The first-order chi connectivity index (χ1) is 15.6. The van der Waals surface area contributed by atoms with Crippen molar-refractivity contribution in [2.24, 2.45) is 7.05 Å². The smallest absolute Gasteiger partial charge is 0.193 e. The number of nitrogens with zero attached hydrogens (tertiary/aromatic N) is 5. The molecule has 33 heavy (non-hydrogen) atoms. The molecule has 172 valence electrons. The van der Waals surface area contributed by atoms with Crippen molar-refractivity contribution in [3.05, 3.63) is 42.0 Å². The second-order valence-electron chi connectivity index (χ2n) is 9.99. The third-order valence-electron chi connectivity index (χ3n) is 6.13. The van der Waals surface area contributed by atoms with Gasteiger partial charge in [0.25, 0.3) is 0 Å². The minimum absolute atomic E-state index is 0.0920. The summed E-state index contributed by atoms with van der Waals surface area (Å²) in [5.41, 5.74) is 3.17. The van der Waals surface area contributed by atoms with E-state index in [1.54, 1.807) is 19.3 Å². The van der Waals surface area contributed by atoms with Crippen molar-refractivity contribution in [1.82, 2.24) is 25.1 Å². The summed E-state index contributed by atoms with van der Waals surface area (Å²) in [6.45, 7) is 10.5. The summed E-state index contributed by atoms with van der Waals surface area (Å²) in [7, 11) is 1.71. The lowest BCUT2D eigenvalue weighted by Crippen LogP contribution is -2.44. The van der Waals surface area contributed by atoms with Gasteiger partial charge in [-0.3, -0.25) is 4.68 Å². The maximum absolute atomic E-state index is 14.7. The number of phenolic OH excluding ortho intramolecular Hbond substituents is 1. The molecule has 0 radical (unpaired) electrons. The lowest BCUT2D eigenvalue weighted by atomic mass is 10.1. The standard InChI is InChI=1S/C25H29FN6O/c1-14-18-11-17(32-9-8-16(13-32)29-25(2,3)4)6-7-20(18)28-24(27-14)19-10-15-12-31(5)30-22(15)21(26)23(19)33/h6-7,10-12,16,29,33H,8-9,13H2,1-5H3. The van der Waals surface area contributed by atoms with E-state index >= 15 is 0 Å². The number of phenols is 1. The second kappa shape index (κ2) is 7.66. The molecular weight excluding hydrogens is 419 g/mol. The first-order valence-corrected chi connectivity index (χ1v) is 11.3. The van der Waals surface area contributed by atoms with Gasteiger partial charge < -0.3 is 15.3 Å². The van der Waals surface area contributed by atoms with Crippen LogP contribution in [-0.4, -0.2) is 49.5 Å². The molecule has 7 nitrogen and oxygen atoms in total. The number of hydrogen-bond acceptors (Lipinski definition) is 6. The molecule has 1 fully saturated rings. The van der Waals surface area contributed by atoms with E-state index in [1.165, 1.54) is 4.68 Å². The van der Waals surface area contributed by atoms with Gasteiger partial charge in [-0.25, -0.2) is 14.4 Å². The monoisotopic (exact) mass is 448 g/mol. The lowest BCUT2D eigenvalue weighted by Gasteiger charge is -2.26. The number of aryl methyl sites for hydroxylation is 2. The van der Waals surface area contributed by atoms with E-state index in [0.717, 1.165) is 41.8 Å². The Morgan fingerprint density at radius 2 is 1.97 bits per heavy atom. The summed E-state index contributed by atoms with van der Waals surface area (Å²) >= 11 is 0. The number of fused-ring (bicyclic) bond motifs is 2. The molecule has 3 heterocycles. The fourth-order valence-electron chi connectivity index (χ4n) is 4.72. The predicted octanol–water partition coefficient (Wildman–Crippen LogP) is 4.30. The third kappa shape index (κ3) is 3.99. The number of rotatable bonds is 3. The van der Waals surface area contributed by atoms with Crippen LogP contribution in [0.3, 0.4) is 0 Å². The van der Waals surface area contributed by atoms with Crippen LogP contribution in [0.15, 0.2) is 30.5 Å². The van der Waals surface area contributed by atoms with E-state index in [-0.39, 0.29) is 16.6 Å². The van der Waals surface area contributed by atoms with Crippen LogP contribution in [-0.2, 0) is 7.05 Å². The number of benzene rings is 2. The van der Waals surface area contributed by atoms with E-state index in [9.17, 15) is 9.50 Å². The number of aromatic nitrogens is 4. The van der Waals surface area contributed by atoms with Crippen LogP contribution in [0.5, 0.6) is 5.75 Å². The molecule has 0 aliphatic carbocycles. The maximum atomic E-state index is 14.7. The molecule has 0 saturated carbocycles. The van der Waals surface area contributed by atoms with Crippen LogP contribution >= 0.6 is 0 Å². The molecule has 1 saturated heterocycles. The lowest BCUT2D eigenvalue weighted by molar-refractivity contribution is 0.373. The van der Waals surface area contributed by atoms with Gasteiger partial charge in [0.2, 0.25) is 0 Å². The molecule has 1 unspecified atom stereocenters. The van der Waals surface area contributed by atoms with Crippen molar-refractivity contribution in [3.8, 4) is 17.1 Å². The average Bonchev–Trinajstić information content (AvgIpc) is 3.35. The highest BCUT2D eigenvalue weighted by molar-refractivity contribution is 5.90. The van der Waals surface area contributed by atoms with Gasteiger partial charge >= 0.3 is 0 Å². The Kier molecular flexibility index (Phi) is 5.01. The zero-order valence-electron chi connectivity index (χ0n) is 19.6. The second-order valence-corrected chi connectivity index (χ2v) is 9.99. The summed E-state index contributed by atoms with van der Waals surface area (Å²) in [6, 6.07) is 8.31. The van der Waals surface area contributed by atoms with Crippen LogP contribution in [0.2, 0.25) is 0 Å². The summed E-state index contributed by atoms with van der Waals surface area (Å²) in [5.74, 6) is -0.941. The summed E-state index contributed by atoms with van der Waals surface area (Å²) in [4.78, 5) is 11.7. The van der Waals surface area contributed by atoms with E-state index in [4.69, 9.17) is 0 Å². The molecule has 1 aliphatic rings. The first-order valence-electron chi connectivity index (χ1n) is 11.3. The van der Waals surface area contributed by atoms with E-state index < -0.39 is 11.6 Å². The zero-order chi connectivity index (χ0) is 23.5. The Morgan fingerprint density at radius 1 is 1.18 bits per heavy atom. The topological polar surface area (TPSA) is 79.1 Å². The maximum Gasteiger partial charge on any atom is 0.193 e. The van der Waals surface area contributed by atoms with Crippen molar-refractivity contribution < 1.29 is 9.50 Å². The molecule has 4 aromatic rings. The SMILES string of the molecule is Cc1nc(-c2cc3cn(C)nc3c(F)c2O)nc2ccc(N3CCC(NC(C)(C)C)C3)cc12. The van der Waals surface area contributed by atoms with Crippen LogP contribution < -0.4 is 10.2 Å². The van der Waals surface area contributed by atoms with E-state index in [1.807, 2.05) is 13.0 Å². The minimum Gasteiger partial charge on any atom is -0.504 e. The molecule has 5 rings (SSSR count). The van der Waals surface area contributed by atoms with E-state index in [2.05, 4.69) is 58.2 Å². The van der Waals surface area contributed by atoms with E-state index in [0.29, 0.717) is 17.3 Å². The molecule has 2 N–H and O–H groups in total. The molecule has 0 spiro atoms. The quantitative estimate of drug-likeness (QED) is 0.486. The number of nitrogens with one attached hydrogen (secondary N) is 1. The number of hydrogen-bond donors (Lipinski definition) is 2. The largest absolute Gasteiger partial charge is 0.504 e. The molecule has 0 bridgehead atoms. The van der Waals surface area contributed by atoms with Crippen LogP contribution in [0.4, 0.5) is 10.1 Å². The average molecular weight is 449 g/mol. The highest BCUT2D eigenvalue weighted by Crippen LogP contribution is 2.36. The van der Waals surface area contributed by atoms with Gasteiger partial charge in [-0.15, -0.1) is 0 Å². The Labute approximate surface area is 192 Å². The Balaban J connectivity index is 1.50. The highest BCUT2D eigenvalue weighted by Gasteiger charge is 2.26. The van der Waals surface area contributed by atoms with Crippen LogP contribution in [0.1, 0.15) is 32.9 Å². The van der Waals surface area contributed by atoms with Crippen molar-refractivity contribution in [1.29, 1.82) is 0 Å². The van der Waals surface area contributed by atoms with Gasteiger partial charge in [-0.1, -0.05) is 0 Å². The van der Waals surface area contributed by atoms with Crippen molar-refractivity contribution in [2.45, 2.75) is 45.7 Å². The van der Waals surface area contributed by atoms with Crippen molar-refractivity contribution in [2.75, 3.05) is 18.0 Å². The summed E-state index contributed by atoms with van der Waals surface area (Å²) in [6.07, 6.45) is 2.81. The number of aromatic hydroxyl groups is 1. The molecular formula is C25H29FN6O.